The zero-order chi connectivity index (χ0) is 14.5. The van der Waals surface area contributed by atoms with Gasteiger partial charge < -0.3 is 4.90 Å². The van der Waals surface area contributed by atoms with Crippen LogP contribution in [-0.2, 0) is 10.0 Å². The molecule has 114 valence electrons. The van der Waals surface area contributed by atoms with E-state index in [0.29, 0.717) is 11.8 Å². The fourth-order valence-electron chi connectivity index (χ4n) is 2.98. The first kappa shape index (κ1) is 16.9. The Morgan fingerprint density at radius 2 is 1.89 bits per heavy atom. The third kappa shape index (κ3) is 6.68. The van der Waals surface area contributed by atoms with E-state index in [1.54, 1.807) is 0 Å². The lowest BCUT2D eigenvalue weighted by molar-refractivity contribution is 0.134. The summed E-state index contributed by atoms with van der Waals surface area (Å²) in [6.45, 7) is 8.54. The van der Waals surface area contributed by atoms with E-state index in [9.17, 15) is 12.8 Å². The second-order valence-corrected chi connectivity index (χ2v) is 7.92. The van der Waals surface area contributed by atoms with Gasteiger partial charge in [-0.05, 0) is 31.6 Å². The first-order valence-corrected chi connectivity index (χ1v) is 8.76. The van der Waals surface area contributed by atoms with Crippen LogP contribution in [0.15, 0.2) is 0 Å². The van der Waals surface area contributed by atoms with Gasteiger partial charge in [0.25, 0.3) is 0 Å². The molecular formula is C13H27FN2O2S. The normalized spacial score (nSPS) is 27.4. The summed E-state index contributed by atoms with van der Waals surface area (Å²) in [5.74, 6) is 1.21. The minimum Gasteiger partial charge on any atom is -0.301 e. The summed E-state index contributed by atoms with van der Waals surface area (Å²) < 4.78 is 38.0. The number of sulfonamides is 1. The lowest BCUT2D eigenvalue weighted by atomic mass is 9.92. The number of hydrogen-bond donors (Lipinski definition) is 1. The van der Waals surface area contributed by atoms with Crippen LogP contribution in [0.1, 0.15) is 33.6 Å². The van der Waals surface area contributed by atoms with Gasteiger partial charge in [-0.3, -0.25) is 4.39 Å². The molecule has 0 saturated carbocycles. The third-order valence-corrected chi connectivity index (χ3v) is 4.99. The van der Waals surface area contributed by atoms with E-state index in [1.807, 2.05) is 6.92 Å². The van der Waals surface area contributed by atoms with Crippen molar-refractivity contribution in [3.8, 4) is 0 Å². The van der Waals surface area contributed by atoms with Crippen LogP contribution in [0, 0.1) is 11.8 Å². The fourth-order valence-corrected chi connectivity index (χ4v) is 4.27. The van der Waals surface area contributed by atoms with Crippen LogP contribution in [0.5, 0.6) is 0 Å². The average Bonchev–Trinajstić information content (AvgIpc) is 2.23. The Kier molecular flexibility index (Phi) is 6.69. The molecule has 0 aromatic heterocycles. The molecule has 1 aliphatic heterocycles. The van der Waals surface area contributed by atoms with Gasteiger partial charge in [-0.25, -0.2) is 13.1 Å². The summed E-state index contributed by atoms with van der Waals surface area (Å²) in [5.41, 5.74) is 0. The van der Waals surface area contributed by atoms with E-state index in [1.165, 1.54) is 6.42 Å². The number of halogens is 1. The van der Waals surface area contributed by atoms with Crippen molar-refractivity contribution >= 4 is 10.0 Å². The van der Waals surface area contributed by atoms with Crippen molar-refractivity contribution in [2.75, 3.05) is 32.1 Å². The summed E-state index contributed by atoms with van der Waals surface area (Å²) in [4.78, 5) is 2.32. The number of nitrogens with one attached hydrogen (secondary N) is 1. The highest BCUT2D eigenvalue weighted by Crippen LogP contribution is 2.20. The number of piperidine rings is 1. The maximum absolute atomic E-state index is 12.0. The molecule has 0 bridgehead atoms. The molecule has 19 heavy (non-hydrogen) atoms. The summed E-state index contributed by atoms with van der Waals surface area (Å²) in [6.07, 6.45) is 1.31. The van der Waals surface area contributed by atoms with Gasteiger partial charge in [-0.15, -0.1) is 0 Å². The van der Waals surface area contributed by atoms with Gasteiger partial charge in [-0.1, -0.05) is 13.8 Å². The molecule has 0 aromatic rings. The van der Waals surface area contributed by atoms with Gasteiger partial charge in [-0.2, -0.15) is 0 Å². The van der Waals surface area contributed by atoms with E-state index < -0.39 is 16.7 Å². The molecule has 0 radical (unpaired) electrons. The molecule has 1 rings (SSSR count). The van der Waals surface area contributed by atoms with Gasteiger partial charge in [0.05, 0.1) is 12.4 Å². The Balaban J connectivity index is 2.40. The smallest absolute Gasteiger partial charge is 0.211 e. The first-order valence-electron chi connectivity index (χ1n) is 7.10. The maximum Gasteiger partial charge on any atom is 0.211 e. The Labute approximate surface area is 116 Å². The quantitative estimate of drug-likeness (QED) is 0.776. The molecule has 3 unspecified atom stereocenters. The van der Waals surface area contributed by atoms with E-state index in [2.05, 4.69) is 23.5 Å². The zero-order valence-corrected chi connectivity index (χ0v) is 13.0. The molecule has 1 aliphatic rings. The molecular weight excluding hydrogens is 267 g/mol. The number of alkyl halides is 1. The Bertz CT molecular complexity index is 352. The molecule has 1 heterocycles. The van der Waals surface area contributed by atoms with Gasteiger partial charge >= 0.3 is 0 Å². The van der Waals surface area contributed by atoms with Crippen molar-refractivity contribution in [2.24, 2.45) is 11.8 Å². The average molecular weight is 294 g/mol. The summed E-state index contributed by atoms with van der Waals surface area (Å²) in [7, 11) is -3.34. The van der Waals surface area contributed by atoms with Gasteiger partial charge in [0.1, 0.15) is 0 Å². The molecule has 4 nitrogen and oxygen atoms in total. The van der Waals surface area contributed by atoms with Gasteiger partial charge in [0.2, 0.25) is 10.0 Å². The molecule has 6 heteroatoms. The highest BCUT2D eigenvalue weighted by Gasteiger charge is 2.24. The van der Waals surface area contributed by atoms with Gasteiger partial charge in [0, 0.05) is 25.7 Å². The molecule has 3 atom stereocenters. The largest absolute Gasteiger partial charge is 0.301 e. The summed E-state index contributed by atoms with van der Waals surface area (Å²) in [6, 6.07) is -0.123. The number of hydrogen-bond acceptors (Lipinski definition) is 3. The number of rotatable bonds is 7. The van der Waals surface area contributed by atoms with Crippen molar-refractivity contribution in [2.45, 2.75) is 39.7 Å². The van der Waals surface area contributed by atoms with E-state index in [4.69, 9.17) is 0 Å². The van der Waals surface area contributed by atoms with Crippen LogP contribution >= 0.6 is 0 Å². The molecule has 0 aliphatic carbocycles. The van der Waals surface area contributed by atoms with Gasteiger partial charge in [0.15, 0.2) is 0 Å². The van der Waals surface area contributed by atoms with Crippen LogP contribution in [0.4, 0.5) is 4.39 Å². The Hall–Kier alpha value is -0.200. The van der Waals surface area contributed by atoms with E-state index in [-0.39, 0.29) is 18.2 Å². The van der Waals surface area contributed by atoms with Crippen LogP contribution in [-0.4, -0.2) is 51.4 Å². The van der Waals surface area contributed by atoms with Crippen LogP contribution in [0.3, 0.4) is 0 Å². The minimum atomic E-state index is -3.34. The molecule has 0 spiro atoms. The second kappa shape index (κ2) is 7.55. The van der Waals surface area contributed by atoms with Crippen molar-refractivity contribution in [1.29, 1.82) is 0 Å². The minimum absolute atomic E-state index is 0.0693. The SMILES string of the molecule is CC1CC(C)CN(CC(C)NS(=O)(=O)CCCF)C1. The first-order chi connectivity index (χ1) is 8.82. The second-order valence-electron chi connectivity index (χ2n) is 6.04. The monoisotopic (exact) mass is 294 g/mol. The van der Waals surface area contributed by atoms with Crippen molar-refractivity contribution < 1.29 is 12.8 Å². The molecule has 0 amide bonds. The summed E-state index contributed by atoms with van der Waals surface area (Å²) in [5, 5.41) is 0. The molecule has 1 saturated heterocycles. The maximum atomic E-state index is 12.0. The highest BCUT2D eigenvalue weighted by atomic mass is 32.2. The van der Waals surface area contributed by atoms with Crippen molar-refractivity contribution in [3.63, 3.8) is 0 Å². The Morgan fingerprint density at radius 1 is 1.32 bits per heavy atom. The zero-order valence-electron chi connectivity index (χ0n) is 12.2. The standard InChI is InChI=1S/C13H27FN2O2S/c1-11-7-12(2)9-16(8-11)10-13(3)15-19(17,18)6-4-5-14/h11-13,15H,4-10H2,1-3H3. The number of likely N-dealkylation sites (tertiary alicyclic amines) is 1. The highest BCUT2D eigenvalue weighted by molar-refractivity contribution is 7.89. The number of nitrogens with zero attached hydrogens (tertiary/aromatic N) is 1. The van der Waals surface area contributed by atoms with Crippen molar-refractivity contribution in [3.05, 3.63) is 0 Å². The van der Waals surface area contributed by atoms with Crippen molar-refractivity contribution in [1.82, 2.24) is 9.62 Å². The fraction of sp³-hybridized carbons (Fsp3) is 1.00. The summed E-state index contributed by atoms with van der Waals surface area (Å²) >= 11 is 0. The predicted molar refractivity (Wildman–Crippen MR) is 76.4 cm³/mol. The third-order valence-electron chi connectivity index (χ3n) is 3.40. The van der Waals surface area contributed by atoms with E-state index in [0.717, 1.165) is 19.6 Å². The predicted octanol–water partition coefficient (Wildman–Crippen LogP) is 1.63. The van der Waals surface area contributed by atoms with Crippen LogP contribution in [0.2, 0.25) is 0 Å². The molecule has 1 N–H and O–H groups in total. The lowest BCUT2D eigenvalue weighted by Crippen LogP contribution is -2.47. The Morgan fingerprint density at radius 3 is 2.42 bits per heavy atom. The van der Waals surface area contributed by atoms with E-state index >= 15 is 0 Å². The topological polar surface area (TPSA) is 49.4 Å². The van der Waals surface area contributed by atoms with Crippen LogP contribution < -0.4 is 4.72 Å². The van der Waals surface area contributed by atoms with Crippen LogP contribution in [0.25, 0.3) is 0 Å². The lowest BCUT2D eigenvalue weighted by Gasteiger charge is -2.36. The molecule has 0 aromatic carbocycles. The molecule has 1 fully saturated rings.